The molecule has 0 fully saturated rings. The van der Waals surface area contributed by atoms with E-state index >= 15 is 0 Å². The summed E-state index contributed by atoms with van der Waals surface area (Å²) < 4.78 is 5.54. The summed E-state index contributed by atoms with van der Waals surface area (Å²) >= 11 is 0. The van der Waals surface area contributed by atoms with Gasteiger partial charge < -0.3 is 15.8 Å². The van der Waals surface area contributed by atoms with Crippen molar-refractivity contribution in [3.8, 4) is 5.75 Å². The van der Waals surface area contributed by atoms with Gasteiger partial charge in [-0.15, -0.1) is 0 Å². The number of hydrogen-bond donors (Lipinski definition) is 2. The van der Waals surface area contributed by atoms with Crippen molar-refractivity contribution < 1.29 is 9.66 Å². The number of nitro groups is 1. The fraction of sp³-hybridized carbons (Fsp3) is 0.200. The van der Waals surface area contributed by atoms with Crippen LogP contribution < -0.4 is 15.8 Å². The molecule has 0 aliphatic carbocycles. The van der Waals surface area contributed by atoms with E-state index in [1.54, 1.807) is 24.3 Å². The Hall–Kier alpha value is -2.76. The summed E-state index contributed by atoms with van der Waals surface area (Å²) in [5, 5.41) is 14.1. The molecular weight excluding hydrogens is 270 g/mol. The molecule has 0 heterocycles. The lowest BCUT2D eigenvalue weighted by atomic mass is 10.2. The predicted octanol–water partition coefficient (Wildman–Crippen LogP) is 3.71. The maximum absolute atomic E-state index is 11.0. The molecule has 0 saturated heterocycles. The third kappa shape index (κ3) is 4.10. The summed E-state index contributed by atoms with van der Waals surface area (Å²) in [7, 11) is 0. The Balaban J connectivity index is 2.33. The Morgan fingerprint density at radius 2 is 1.95 bits per heavy atom. The van der Waals surface area contributed by atoms with Crippen molar-refractivity contribution >= 4 is 22.7 Å². The van der Waals surface area contributed by atoms with Gasteiger partial charge in [0.1, 0.15) is 5.75 Å². The van der Waals surface area contributed by atoms with E-state index in [-0.39, 0.29) is 11.8 Å². The zero-order valence-electron chi connectivity index (χ0n) is 11.9. The summed E-state index contributed by atoms with van der Waals surface area (Å²) in [5.74, 6) is 0.450. The SMILES string of the molecule is CC(C)Oc1cc(Nc2cccc(N)c2)cc([N+](=O)[O-])c1. The normalized spacial score (nSPS) is 10.4. The van der Waals surface area contributed by atoms with Crippen LogP contribution in [0.1, 0.15) is 13.8 Å². The summed E-state index contributed by atoms with van der Waals surface area (Å²) in [5.41, 5.74) is 7.63. The zero-order chi connectivity index (χ0) is 15.4. The number of nitrogens with one attached hydrogen (secondary N) is 1. The Morgan fingerprint density at radius 1 is 1.19 bits per heavy atom. The van der Waals surface area contributed by atoms with E-state index in [0.717, 1.165) is 5.69 Å². The van der Waals surface area contributed by atoms with E-state index in [4.69, 9.17) is 10.5 Å². The minimum absolute atomic E-state index is 0.0282. The van der Waals surface area contributed by atoms with Crippen molar-refractivity contribution in [1.82, 2.24) is 0 Å². The maximum Gasteiger partial charge on any atom is 0.275 e. The molecule has 0 unspecified atom stereocenters. The molecule has 0 amide bonds. The van der Waals surface area contributed by atoms with Crippen LogP contribution >= 0.6 is 0 Å². The van der Waals surface area contributed by atoms with Crippen molar-refractivity contribution in [2.45, 2.75) is 20.0 Å². The lowest BCUT2D eigenvalue weighted by molar-refractivity contribution is -0.384. The van der Waals surface area contributed by atoms with E-state index in [1.807, 2.05) is 19.9 Å². The fourth-order valence-corrected chi connectivity index (χ4v) is 1.88. The van der Waals surface area contributed by atoms with Crippen molar-refractivity contribution in [1.29, 1.82) is 0 Å². The van der Waals surface area contributed by atoms with Crippen molar-refractivity contribution in [2.75, 3.05) is 11.1 Å². The van der Waals surface area contributed by atoms with Gasteiger partial charge in [-0.2, -0.15) is 0 Å². The van der Waals surface area contributed by atoms with Gasteiger partial charge in [0.2, 0.25) is 0 Å². The minimum atomic E-state index is -0.447. The van der Waals surface area contributed by atoms with Crippen molar-refractivity contribution in [3.63, 3.8) is 0 Å². The van der Waals surface area contributed by atoms with E-state index < -0.39 is 4.92 Å². The average molecular weight is 287 g/mol. The molecular formula is C15H17N3O3. The van der Waals surface area contributed by atoms with Crippen LogP contribution in [0.3, 0.4) is 0 Å². The van der Waals surface area contributed by atoms with Gasteiger partial charge in [-0.25, -0.2) is 0 Å². The van der Waals surface area contributed by atoms with E-state index in [2.05, 4.69) is 5.32 Å². The highest BCUT2D eigenvalue weighted by atomic mass is 16.6. The Labute approximate surface area is 122 Å². The second-order valence-corrected chi connectivity index (χ2v) is 4.89. The van der Waals surface area contributed by atoms with E-state index in [9.17, 15) is 10.1 Å². The number of ether oxygens (including phenoxy) is 1. The number of rotatable bonds is 5. The van der Waals surface area contributed by atoms with Gasteiger partial charge in [-0.1, -0.05) is 6.07 Å². The Bertz CT molecular complexity index is 656. The molecule has 0 aliphatic heterocycles. The number of benzene rings is 2. The summed E-state index contributed by atoms with van der Waals surface area (Å²) in [6.45, 7) is 3.73. The molecule has 2 aromatic carbocycles. The summed E-state index contributed by atoms with van der Waals surface area (Å²) in [4.78, 5) is 10.6. The summed E-state index contributed by atoms with van der Waals surface area (Å²) in [6, 6.07) is 11.7. The fourth-order valence-electron chi connectivity index (χ4n) is 1.88. The van der Waals surface area contributed by atoms with Crippen LogP contribution in [-0.4, -0.2) is 11.0 Å². The van der Waals surface area contributed by atoms with Crippen LogP contribution in [0, 0.1) is 10.1 Å². The summed E-state index contributed by atoms with van der Waals surface area (Å²) in [6.07, 6.45) is -0.0628. The van der Waals surface area contributed by atoms with Gasteiger partial charge in [-0.3, -0.25) is 10.1 Å². The second-order valence-electron chi connectivity index (χ2n) is 4.89. The first-order chi connectivity index (χ1) is 9.94. The first-order valence-electron chi connectivity index (χ1n) is 6.53. The number of hydrogen-bond acceptors (Lipinski definition) is 5. The maximum atomic E-state index is 11.0. The number of nitrogens with two attached hydrogens (primary N) is 1. The monoisotopic (exact) mass is 287 g/mol. The molecule has 110 valence electrons. The molecule has 0 spiro atoms. The Kier molecular flexibility index (Phi) is 4.27. The molecule has 6 nitrogen and oxygen atoms in total. The molecule has 0 aliphatic rings. The lowest BCUT2D eigenvalue weighted by Crippen LogP contribution is -2.06. The van der Waals surface area contributed by atoms with Crippen molar-refractivity contribution in [3.05, 3.63) is 52.6 Å². The predicted molar refractivity (Wildman–Crippen MR) is 83.0 cm³/mol. The minimum Gasteiger partial charge on any atom is -0.491 e. The zero-order valence-corrected chi connectivity index (χ0v) is 11.9. The highest BCUT2D eigenvalue weighted by Gasteiger charge is 2.12. The highest BCUT2D eigenvalue weighted by molar-refractivity contribution is 5.67. The number of anilines is 3. The standard InChI is InChI=1S/C15H17N3O3/c1-10(2)21-15-8-13(7-14(9-15)18(19)20)17-12-5-3-4-11(16)6-12/h3-10,17H,16H2,1-2H3. The lowest BCUT2D eigenvalue weighted by Gasteiger charge is -2.12. The molecule has 0 saturated carbocycles. The Morgan fingerprint density at radius 3 is 2.57 bits per heavy atom. The molecule has 0 atom stereocenters. The molecule has 0 aromatic heterocycles. The smallest absolute Gasteiger partial charge is 0.275 e. The van der Waals surface area contributed by atoms with Gasteiger partial charge in [0.25, 0.3) is 5.69 Å². The van der Waals surface area contributed by atoms with Gasteiger partial charge in [0.05, 0.1) is 17.1 Å². The van der Waals surface area contributed by atoms with Gasteiger partial charge in [0.15, 0.2) is 0 Å². The quantitative estimate of drug-likeness (QED) is 0.497. The third-order valence-electron chi connectivity index (χ3n) is 2.65. The average Bonchev–Trinajstić information content (AvgIpc) is 2.37. The largest absolute Gasteiger partial charge is 0.491 e. The van der Waals surface area contributed by atoms with Crippen LogP contribution in [0.15, 0.2) is 42.5 Å². The first-order valence-corrected chi connectivity index (χ1v) is 6.53. The number of nitrogens with zero attached hydrogens (tertiary/aromatic N) is 1. The number of nitro benzene ring substituents is 1. The van der Waals surface area contributed by atoms with Crippen LogP contribution in [0.5, 0.6) is 5.75 Å². The van der Waals surface area contributed by atoms with Crippen LogP contribution in [0.2, 0.25) is 0 Å². The molecule has 3 N–H and O–H groups in total. The van der Waals surface area contributed by atoms with Crippen LogP contribution in [-0.2, 0) is 0 Å². The molecule has 0 bridgehead atoms. The number of nitrogen functional groups attached to an aromatic ring is 1. The molecule has 0 radical (unpaired) electrons. The van der Waals surface area contributed by atoms with Crippen LogP contribution in [0.4, 0.5) is 22.7 Å². The molecule has 2 rings (SSSR count). The molecule has 6 heteroatoms. The number of non-ortho nitro benzene ring substituents is 1. The highest BCUT2D eigenvalue weighted by Crippen LogP contribution is 2.29. The van der Waals surface area contributed by atoms with E-state index in [0.29, 0.717) is 17.1 Å². The van der Waals surface area contributed by atoms with Crippen LogP contribution in [0.25, 0.3) is 0 Å². The second kappa shape index (κ2) is 6.13. The first kappa shape index (κ1) is 14.6. The van der Waals surface area contributed by atoms with E-state index in [1.165, 1.54) is 12.1 Å². The third-order valence-corrected chi connectivity index (χ3v) is 2.65. The topological polar surface area (TPSA) is 90.4 Å². The van der Waals surface area contributed by atoms with Gasteiger partial charge >= 0.3 is 0 Å². The van der Waals surface area contributed by atoms with Crippen molar-refractivity contribution in [2.24, 2.45) is 0 Å². The van der Waals surface area contributed by atoms with Gasteiger partial charge in [-0.05, 0) is 32.0 Å². The molecule has 2 aromatic rings. The van der Waals surface area contributed by atoms with Gasteiger partial charge in [0, 0.05) is 29.2 Å². The molecule has 21 heavy (non-hydrogen) atoms.